The molecule has 13 heavy (non-hydrogen) atoms. The van der Waals surface area contributed by atoms with Crippen LogP contribution < -0.4 is 0 Å². The Bertz CT molecular complexity index is 180. The fourth-order valence-electron chi connectivity index (χ4n) is 1.36. The van der Waals surface area contributed by atoms with Crippen LogP contribution in [0.3, 0.4) is 0 Å². The van der Waals surface area contributed by atoms with E-state index in [1.54, 1.807) is 0 Å². The monoisotopic (exact) mass is 209 g/mol. The van der Waals surface area contributed by atoms with Gasteiger partial charge in [-0.05, 0) is 27.7 Å². The van der Waals surface area contributed by atoms with E-state index in [9.17, 15) is 4.57 Å². The van der Waals surface area contributed by atoms with Crippen LogP contribution in [0.1, 0.15) is 27.7 Å². The highest BCUT2D eigenvalue weighted by atomic mass is 31.2. The lowest BCUT2D eigenvalue weighted by atomic mass is 10.2. The number of hydrogen-bond donors (Lipinski definition) is 2. The fourth-order valence-corrected chi connectivity index (χ4v) is 1.85. The molecule has 0 aromatic carbocycles. The van der Waals surface area contributed by atoms with Crippen LogP contribution in [0.15, 0.2) is 0 Å². The predicted molar refractivity (Wildman–Crippen MR) is 53.9 cm³/mol. The smallest absolute Gasteiger partial charge is 0.324 e. The first kappa shape index (κ1) is 13.1. The molecule has 80 valence electrons. The molecule has 0 radical (unpaired) electrons. The van der Waals surface area contributed by atoms with Crippen LogP contribution in [-0.4, -0.2) is 39.5 Å². The molecule has 0 spiro atoms. The summed E-state index contributed by atoms with van der Waals surface area (Å²) in [5, 5.41) is 0. The quantitative estimate of drug-likeness (QED) is 0.670. The summed E-state index contributed by atoms with van der Waals surface area (Å²) in [6, 6.07) is 0.651. The number of rotatable bonds is 5. The van der Waals surface area contributed by atoms with Crippen LogP contribution in [0.4, 0.5) is 0 Å². The molecule has 0 heterocycles. The van der Waals surface area contributed by atoms with E-state index >= 15 is 0 Å². The predicted octanol–water partition coefficient (Wildman–Crippen LogP) is 1.28. The standard InChI is InChI=1S/C8H20NO3P/c1-7(2)9(8(3)4)5-6-13(10,11)12/h7-8H,5-6H2,1-4H3,(H2,10,11,12). The van der Waals surface area contributed by atoms with Crippen molar-refractivity contribution in [1.82, 2.24) is 4.90 Å². The largest absolute Gasteiger partial charge is 0.326 e. The Kier molecular flexibility index (Phi) is 5.15. The molecule has 0 rings (SSSR count). The molecule has 4 nitrogen and oxygen atoms in total. The second kappa shape index (κ2) is 5.11. The Morgan fingerprint density at radius 1 is 1.15 bits per heavy atom. The van der Waals surface area contributed by atoms with E-state index < -0.39 is 7.60 Å². The van der Waals surface area contributed by atoms with Crippen molar-refractivity contribution < 1.29 is 14.4 Å². The molecular formula is C8H20NO3P. The van der Waals surface area contributed by atoms with E-state index in [1.165, 1.54) is 0 Å². The van der Waals surface area contributed by atoms with Crippen LogP contribution in [-0.2, 0) is 4.57 Å². The molecule has 2 N–H and O–H groups in total. The first-order valence-electron chi connectivity index (χ1n) is 4.54. The Morgan fingerprint density at radius 3 is 1.77 bits per heavy atom. The van der Waals surface area contributed by atoms with Gasteiger partial charge in [-0.25, -0.2) is 0 Å². The van der Waals surface area contributed by atoms with Gasteiger partial charge in [0.25, 0.3) is 0 Å². The van der Waals surface area contributed by atoms with Gasteiger partial charge >= 0.3 is 7.60 Å². The third-order valence-electron chi connectivity index (χ3n) is 1.98. The van der Waals surface area contributed by atoms with Gasteiger partial charge in [0.05, 0.1) is 6.16 Å². The molecular weight excluding hydrogens is 189 g/mol. The molecule has 0 aromatic heterocycles. The minimum atomic E-state index is -3.84. The second-order valence-corrected chi connectivity index (χ2v) is 5.59. The van der Waals surface area contributed by atoms with E-state index in [-0.39, 0.29) is 6.16 Å². The summed E-state index contributed by atoms with van der Waals surface area (Å²) in [6.45, 7) is 8.57. The van der Waals surface area contributed by atoms with Gasteiger partial charge in [0, 0.05) is 18.6 Å². The average molecular weight is 209 g/mol. The molecule has 0 unspecified atom stereocenters. The molecule has 0 saturated carbocycles. The third kappa shape index (κ3) is 6.22. The van der Waals surface area contributed by atoms with Crippen molar-refractivity contribution in [1.29, 1.82) is 0 Å². The third-order valence-corrected chi connectivity index (χ3v) is 2.76. The molecule has 0 bridgehead atoms. The van der Waals surface area contributed by atoms with Gasteiger partial charge in [0.1, 0.15) is 0 Å². The van der Waals surface area contributed by atoms with Crippen LogP contribution in [0.2, 0.25) is 0 Å². The van der Waals surface area contributed by atoms with Gasteiger partial charge in [-0.15, -0.1) is 0 Å². The molecule has 0 aliphatic rings. The Hall–Kier alpha value is 0.110. The first-order chi connectivity index (χ1) is 5.74. The van der Waals surface area contributed by atoms with Crippen LogP contribution in [0.25, 0.3) is 0 Å². The van der Waals surface area contributed by atoms with Gasteiger partial charge < -0.3 is 9.79 Å². The van der Waals surface area contributed by atoms with Crippen molar-refractivity contribution >= 4 is 7.60 Å². The summed E-state index contributed by atoms with van der Waals surface area (Å²) >= 11 is 0. The Balaban J connectivity index is 4.06. The highest BCUT2D eigenvalue weighted by Gasteiger charge is 2.19. The minimum absolute atomic E-state index is 0.0522. The zero-order chi connectivity index (χ0) is 10.6. The lowest BCUT2D eigenvalue weighted by Gasteiger charge is -2.30. The van der Waals surface area contributed by atoms with Crippen molar-refractivity contribution in [3.63, 3.8) is 0 Å². The molecule has 0 saturated heterocycles. The van der Waals surface area contributed by atoms with Gasteiger partial charge in [-0.3, -0.25) is 9.46 Å². The summed E-state index contributed by atoms with van der Waals surface area (Å²) < 4.78 is 10.6. The topological polar surface area (TPSA) is 60.8 Å². The number of hydrogen-bond acceptors (Lipinski definition) is 2. The summed E-state index contributed by atoms with van der Waals surface area (Å²) in [4.78, 5) is 19.5. The van der Waals surface area contributed by atoms with E-state index in [0.717, 1.165) is 0 Å². The van der Waals surface area contributed by atoms with E-state index in [2.05, 4.69) is 4.90 Å². The molecule has 5 heteroatoms. The Morgan fingerprint density at radius 2 is 1.54 bits per heavy atom. The summed E-state index contributed by atoms with van der Waals surface area (Å²) in [6.07, 6.45) is -0.0522. The van der Waals surface area contributed by atoms with Crippen LogP contribution in [0.5, 0.6) is 0 Å². The molecule has 0 atom stereocenters. The van der Waals surface area contributed by atoms with Crippen molar-refractivity contribution in [2.24, 2.45) is 0 Å². The summed E-state index contributed by atoms with van der Waals surface area (Å²) in [5.41, 5.74) is 0. The van der Waals surface area contributed by atoms with Gasteiger partial charge in [-0.1, -0.05) is 0 Å². The molecule has 0 fully saturated rings. The normalized spacial score (nSPS) is 13.3. The molecule has 0 aromatic rings. The maximum Gasteiger partial charge on any atom is 0.326 e. The lowest BCUT2D eigenvalue weighted by molar-refractivity contribution is 0.183. The molecule has 0 amide bonds. The summed E-state index contributed by atoms with van der Waals surface area (Å²) in [5.74, 6) is 0. The van der Waals surface area contributed by atoms with Crippen molar-refractivity contribution in [3.05, 3.63) is 0 Å². The van der Waals surface area contributed by atoms with E-state index in [0.29, 0.717) is 18.6 Å². The maximum absolute atomic E-state index is 10.6. The average Bonchev–Trinajstić information content (AvgIpc) is 1.82. The second-order valence-electron chi connectivity index (χ2n) is 3.81. The van der Waals surface area contributed by atoms with Crippen molar-refractivity contribution in [2.45, 2.75) is 39.8 Å². The van der Waals surface area contributed by atoms with Crippen molar-refractivity contribution in [3.8, 4) is 0 Å². The SMILES string of the molecule is CC(C)N(CCP(=O)(O)O)C(C)C. The first-order valence-corrected chi connectivity index (χ1v) is 6.34. The van der Waals surface area contributed by atoms with Crippen LogP contribution in [0, 0.1) is 0 Å². The van der Waals surface area contributed by atoms with Gasteiger partial charge in [0.15, 0.2) is 0 Å². The zero-order valence-corrected chi connectivity index (χ0v) is 9.66. The lowest BCUT2D eigenvalue weighted by Crippen LogP contribution is -2.38. The zero-order valence-electron chi connectivity index (χ0n) is 8.77. The van der Waals surface area contributed by atoms with E-state index in [4.69, 9.17) is 9.79 Å². The highest BCUT2D eigenvalue weighted by Crippen LogP contribution is 2.34. The van der Waals surface area contributed by atoms with Gasteiger partial charge in [0.2, 0.25) is 0 Å². The molecule has 0 aliphatic carbocycles. The minimum Gasteiger partial charge on any atom is -0.324 e. The van der Waals surface area contributed by atoms with E-state index in [1.807, 2.05) is 27.7 Å². The highest BCUT2D eigenvalue weighted by molar-refractivity contribution is 7.51. The Labute approximate surface area is 80.1 Å². The number of nitrogens with zero attached hydrogens (tertiary/aromatic N) is 1. The van der Waals surface area contributed by atoms with Gasteiger partial charge in [-0.2, -0.15) is 0 Å². The fraction of sp³-hybridized carbons (Fsp3) is 1.00. The maximum atomic E-state index is 10.6. The summed E-state index contributed by atoms with van der Waals surface area (Å²) in [7, 11) is -3.84. The van der Waals surface area contributed by atoms with Crippen molar-refractivity contribution in [2.75, 3.05) is 12.7 Å². The van der Waals surface area contributed by atoms with Crippen LogP contribution >= 0.6 is 7.60 Å². The molecule has 0 aliphatic heterocycles.